The van der Waals surface area contributed by atoms with E-state index in [0.717, 1.165) is 5.39 Å². The maximum atomic E-state index is 14.3. The molecular formula is C17H10ClFN4. The molecule has 4 rings (SSSR count). The van der Waals surface area contributed by atoms with E-state index in [4.69, 9.17) is 11.6 Å². The largest absolute Gasteiger partial charge is 0.254 e. The van der Waals surface area contributed by atoms with Gasteiger partial charge in [0.2, 0.25) is 0 Å². The second-order valence-corrected chi connectivity index (χ2v) is 5.61. The van der Waals surface area contributed by atoms with Crippen molar-refractivity contribution in [3.63, 3.8) is 0 Å². The van der Waals surface area contributed by atoms with Crippen LogP contribution in [0.25, 0.3) is 33.1 Å². The molecule has 0 bridgehead atoms. The number of rotatable bonds is 1. The highest BCUT2D eigenvalue weighted by molar-refractivity contribution is 6.37. The van der Waals surface area contributed by atoms with Gasteiger partial charge < -0.3 is 0 Å². The van der Waals surface area contributed by atoms with Crippen LogP contribution in [0.4, 0.5) is 4.39 Å². The lowest BCUT2D eigenvalue weighted by Crippen LogP contribution is -1.88. The number of halogens is 2. The molecule has 0 unspecified atom stereocenters. The van der Waals surface area contributed by atoms with Crippen LogP contribution in [0.2, 0.25) is 5.02 Å². The molecule has 2 heterocycles. The van der Waals surface area contributed by atoms with Gasteiger partial charge in [0.1, 0.15) is 11.3 Å². The normalized spacial score (nSPS) is 11.3. The molecule has 0 aliphatic heterocycles. The molecule has 4 nitrogen and oxygen atoms in total. The predicted octanol–water partition coefficient (Wildman–Crippen LogP) is 4.34. The quantitative estimate of drug-likeness (QED) is 0.522. The van der Waals surface area contributed by atoms with Crippen LogP contribution in [0.15, 0.2) is 42.7 Å². The van der Waals surface area contributed by atoms with Gasteiger partial charge in [-0.1, -0.05) is 23.7 Å². The zero-order valence-electron chi connectivity index (χ0n) is 12.1. The van der Waals surface area contributed by atoms with E-state index in [0.29, 0.717) is 38.4 Å². The summed E-state index contributed by atoms with van der Waals surface area (Å²) in [5.41, 5.74) is 2.80. The fraction of sp³-hybridized carbons (Fsp3) is 0.0588. The Morgan fingerprint density at radius 3 is 2.70 bits per heavy atom. The Balaban J connectivity index is 2.24. The van der Waals surface area contributed by atoms with Crippen molar-refractivity contribution < 1.29 is 4.39 Å². The summed E-state index contributed by atoms with van der Waals surface area (Å²) < 4.78 is 14.3. The highest BCUT2D eigenvalue weighted by Crippen LogP contribution is 2.34. The molecule has 0 aliphatic rings. The molecule has 0 atom stereocenters. The summed E-state index contributed by atoms with van der Waals surface area (Å²) in [5, 5.41) is 9.75. The molecule has 4 aromatic rings. The second kappa shape index (κ2) is 5.21. The van der Waals surface area contributed by atoms with E-state index in [1.54, 1.807) is 36.7 Å². The minimum absolute atomic E-state index is 0.345. The Kier molecular flexibility index (Phi) is 3.16. The van der Waals surface area contributed by atoms with Crippen molar-refractivity contribution in [2.75, 3.05) is 0 Å². The number of nitrogens with zero attached hydrogens (tertiary/aromatic N) is 4. The van der Waals surface area contributed by atoms with Crippen LogP contribution in [-0.2, 0) is 0 Å². The molecule has 0 spiro atoms. The van der Waals surface area contributed by atoms with Gasteiger partial charge in [-0.15, -0.1) is 5.10 Å². The first kappa shape index (κ1) is 14.0. The highest BCUT2D eigenvalue weighted by atomic mass is 35.5. The molecular weight excluding hydrogens is 315 g/mol. The molecule has 0 fully saturated rings. The van der Waals surface area contributed by atoms with Crippen LogP contribution >= 0.6 is 11.6 Å². The molecule has 0 saturated heterocycles. The number of fused-ring (bicyclic) bond motifs is 3. The maximum Gasteiger partial charge on any atom is 0.132 e. The zero-order valence-corrected chi connectivity index (χ0v) is 12.8. The Labute approximate surface area is 136 Å². The Bertz CT molecular complexity index is 1070. The van der Waals surface area contributed by atoms with Gasteiger partial charge in [-0.2, -0.15) is 5.10 Å². The van der Waals surface area contributed by atoms with E-state index in [2.05, 4.69) is 20.2 Å². The van der Waals surface area contributed by atoms with Gasteiger partial charge in [-0.3, -0.25) is 9.97 Å². The zero-order chi connectivity index (χ0) is 16.0. The Morgan fingerprint density at radius 1 is 1.04 bits per heavy atom. The van der Waals surface area contributed by atoms with E-state index < -0.39 is 0 Å². The molecule has 2 aromatic heterocycles. The number of aryl methyl sites for hydroxylation is 1. The van der Waals surface area contributed by atoms with Crippen molar-refractivity contribution in [1.82, 2.24) is 20.2 Å². The summed E-state index contributed by atoms with van der Waals surface area (Å²) in [6.07, 6.45) is 3.25. The first-order valence-electron chi connectivity index (χ1n) is 6.97. The standard InChI is InChI=1S/C17H10ClFN4/c1-9-7-20-15-11(6-13(18)17-12(15)8-21-23-17)16(22-9)10-4-2-3-5-14(10)19/h2-8H,1H3. The van der Waals surface area contributed by atoms with Crippen molar-refractivity contribution in [3.05, 3.63) is 59.3 Å². The SMILES string of the molecule is Cc1cnc2c(cc(Cl)c3nncc32)c(-c2ccccc2F)n1. The topological polar surface area (TPSA) is 51.6 Å². The third-order valence-electron chi connectivity index (χ3n) is 3.66. The summed E-state index contributed by atoms with van der Waals surface area (Å²) in [6.45, 7) is 1.82. The number of hydrogen-bond acceptors (Lipinski definition) is 4. The molecule has 0 amide bonds. The number of aromatic nitrogens is 4. The van der Waals surface area contributed by atoms with Gasteiger partial charge in [0.25, 0.3) is 0 Å². The minimum atomic E-state index is -0.345. The number of benzene rings is 2. The summed E-state index contributed by atoms with van der Waals surface area (Å²) in [6, 6.07) is 8.23. The van der Waals surface area contributed by atoms with Crippen LogP contribution in [0.1, 0.15) is 5.69 Å². The Hall–Kier alpha value is -2.66. The van der Waals surface area contributed by atoms with Crippen LogP contribution in [0, 0.1) is 12.7 Å². The van der Waals surface area contributed by atoms with E-state index in [9.17, 15) is 4.39 Å². The summed E-state index contributed by atoms with van der Waals surface area (Å²) >= 11 is 6.31. The fourth-order valence-electron chi connectivity index (χ4n) is 2.62. The van der Waals surface area contributed by atoms with Gasteiger partial charge in [0, 0.05) is 17.1 Å². The van der Waals surface area contributed by atoms with Crippen molar-refractivity contribution in [2.45, 2.75) is 6.92 Å². The van der Waals surface area contributed by atoms with Crippen molar-refractivity contribution in [2.24, 2.45) is 0 Å². The third kappa shape index (κ3) is 2.21. The average molecular weight is 325 g/mol. The minimum Gasteiger partial charge on any atom is -0.254 e. The Morgan fingerprint density at radius 2 is 1.87 bits per heavy atom. The van der Waals surface area contributed by atoms with Crippen molar-refractivity contribution in [1.29, 1.82) is 0 Å². The van der Waals surface area contributed by atoms with Crippen molar-refractivity contribution in [3.8, 4) is 11.3 Å². The maximum absolute atomic E-state index is 14.3. The first-order chi connectivity index (χ1) is 11.1. The molecule has 0 aliphatic carbocycles. The van der Waals surface area contributed by atoms with Crippen molar-refractivity contribution >= 4 is 33.4 Å². The van der Waals surface area contributed by atoms with Gasteiger partial charge >= 0.3 is 0 Å². The van der Waals surface area contributed by atoms with Crippen LogP contribution in [-0.4, -0.2) is 20.2 Å². The van der Waals surface area contributed by atoms with Crippen LogP contribution in [0.3, 0.4) is 0 Å². The lowest BCUT2D eigenvalue weighted by Gasteiger charge is -2.05. The molecule has 23 heavy (non-hydrogen) atoms. The monoisotopic (exact) mass is 324 g/mol. The lowest BCUT2D eigenvalue weighted by atomic mass is 10.0. The average Bonchev–Trinajstić information content (AvgIpc) is 2.97. The summed E-state index contributed by atoms with van der Waals surface area (Å²) in [7, 11) is 0. The lowest BCUT2D eigenvalue weighted by molar-refractivity contribution is 0.631. The summed E-state index contributed by atoms with van der Waals surface area (Å²) in [4.78, 5) is 9.00. The van der Waals surface area contributed by atoms with E-state index >= 15 is 0 Å². The van der Waals surface area contributed by atoms with Crippen LogP contribution in [0.5, 0.6) is 0 Å². The summed E-state index contributed by atoms with van der Waals surface area (Å²) in [5.74, 6) is -0.345. The smallest absolute Gasteiger partial charge is 0.132 e. The molecule has 0 saturated carbocycles. The molecule has 6 heteroatoms. The molecule has 2 aromatic carbocycles. The van der Waals surface area contributed by atoms with E-state index in [1.165, 1.54) is 6.07 Å². The fourth-order valence-corrected chi connectivity index (χ4v) is 2.87. The molecule has 0 N–H and O–H groups in total. The third-order valence-corrected chi connectivity index (χ3v) is 3.95. The van der Waals surface area contributed by atoms with Crippen LogP contribution < -0.4 is 0 Å². The van der Waals surface area contributed by atoms with Gasteiger partial charge in [0.15, 0.2) is 0 Å². The first-order valence-corrected chi connectivity index (χ1v) is 7.35. The van der Waals surface area contributed by atoms with E-state index in [1.807, 2.05) is 6.92 Å². The van der Waals surface area contributed by atoms with Gasteiger partial charge in [0.05, 0.1) is 33.5 Å². The predicted molar refractivity (Wildman–Crippen MR) is 87.8 cm³/mol. The number of hydrogen-bond donors (Lipinski definition) is 0. The van der Waals surface area contributed by atoms with Gasteiger partial charge in [-0.05, 0) is 25.1 Å². The molecule has 0 radical (unpaired) electrons. The van der Waals surface area contributed by atoms with Gasteiger partial charge in [-0.25, -0.2) is 4.39 Å². The highest BCUT2D eigenvalue weighted by Gasteiger charge is 2.15. The van der Waals surface area contributed by atoms with E-state index in [-0.39, 0.29) is 5.82 Å². The second-order valence-electron chi connectivity index (χ2n) is 5.20. The molecule has 112 valence electrons.